The molecule has 0 heterocycles. The highest BCUT2D eigenvalue weighted by molar-refractivity contribution is 9.10. The minimum atomic E-state index is -0.408. The first kappa shape index (κ1) is 15.2. The van der Waals surface area contributed by atoms with E-state index in [2.05, 4.69) is 35.1 Å². The molecule has 1 unspecified atom stereocenters. The summed E-state index contributed by atoms with van der Waals surface area (Å²) in [5.41, 5.74) is 2.06. The van der Waals surface area contributed by atoms with Crippen LogP contribution < -0.4 is 5.32 Å². The van der Waals surface area contributed by atoms with Crippen molar-refractivity contribution in [1.29, 1.82) is 0 Å². The van der Waals surface area contributed by atoms with Crippen LogP contribution in [0.15, 0.2) is 22.7 Å². The highest BCUT2D eigenvalue weighted by atomic mass is 79.9. The topological polar surface area (TPSA) is 38.3 Å². The van der Waals surface area contributed by atoms with Crippen molar-refractivity contribution in [2.75, 3.05) is 13.7 Å². The molecule has 0 amide bonds. The van der Waals surface area contributed by atoms with Crippen LogP contribution in [0.1, 0.15) is 31.0 Å². The van der Waals surface area contributed by atoms with Gasteiger partial charge in [0.2, 0.25) is 0 Å². The molecule has 0 radical (unpaired) electrons. The second-order valence-electron chi connectivity index (χ2n) is 4.77. The highest BCUT2D eigenvalue weighted by Gasteiger charge is 2.21. The van der Waals surface area contributed by atoms with Crippen LogP contribution in [0.25, 0.3) is 0 Å². The summed E-state index contributed by atoms with van der Waals surface area (Å²) in [5, 5.41) is 3.24. The van der Waals surface area contributed by atoms with Crippen LogP contribution in [0.2, 0.25) is 0 Å². The molecule has 0 saturated carbocycles. The van der Waals surface area contributed by atoms with Crippen molar-refractivity contribution in [2.24, 2.45) is 5.92 Å². The number of ether oxygens (including phenoxy) is 1. The summed E-state index contributed by atoms with van der Waals surface area (Å²) in [6.45, 7) is 6.99. The van der Waals surface area contributed by atoms with Crippen LogP contribution in [0.5, 0.6) is 0 Å². The van der Waals surface area contributed by atoms with E-state index in [0.29, 0.717) is 5.92 Å². The number of rotatable bonds is 5. The summed E-state index contributed by atoms with van der Waals surface area (Å²) in [7, 11) is 1.41. The number of methoxy groups -OCH3 is 1. The van der Waals surface area contributed by atoms with Gasteiger partial charge in [0.15, 0.2) is 0 Å². The Morgan fingerprint density at radius 2 is 2.11 bits per heavy atom. The van der Waals surface area contributed by atoms with Gasteiger partial charge in [0.05, 0.1) is 7.11 Å². The summed E-state index contributed by atoms with van der Waals surface area (Å²) < 4.78 is 5.85. The van der Waals surface area contributed by atoms with E-state index in [9.17, 15) is 4.79 Å². The maximum absolute atomic E-state index is 11.8. The third-order valence-electron chi connectivity index (χ3n) is 2.70. The van der Waals surface area contributed by atoms with Gasteiger partial charge in [0, 0.05) is 4.47 Å². The predicted molar refractivity (Wildman–Crippen MR) is 76.5 cm³/mol. The Hall–Kier alpha value is -0.870. The van der Waals surface area contributed by atoms with Gasteiger partial charge in [-0.3, -0.25) is 0 Å². The quantitative estimate of drug-likeness (QED) is 0.848. The van der Waals surface area contributed by atoms with Gasteiger partial charge in [0.25, 0.3) is 0 Å². The van der Waals surface area contributed by atoms with E-state index < -0.39 is 6.04 Å². The fraction of sp³-hybridized carbons (Fsp3) is 0.500. The van der Waals surface area contributed by atoms with Crippen molar-refractivity contribution < 1.29 is 9.53 Å². The second-order valence-corrected chi connectivity index (χ2v) is 5.62. The summed E-state index contributed by atoms with van der Waals surface area (Å²) in [4.78, 5) is 11.8. The zero-order chi connectivity index (χ0) is 13.7. The molecule has 1 rings (SSSR count). The molecule has 0 saturated heterocycles. The number of esters is 1. The van der Waals surface area contributed by atoms with Crippen LogP contribution >= 0.6 is 15.9 Å². The second kappa shape index (κ2) is 6.90. The maximum atomic E-state index is 11.8. The number of nitrogens with one attached hydrogen (secondary N) is 1. The Morgan fingerprint density at radius 1 is 1.44 bits per heavy atom. The monoisotopic (exact) mass is 313 g/mol. The van der Waals surface area contributed by atoms with E-state index in [1.165, 1.54) is 7.11 Å². The van der Waals surface area contributed by atoms with Crippen LogP contribution in [0.4, 0.5) is 0 Å². The number of hydrogen-bond donors (Lipinski definition) is 1. The summed E-state index contributed by atoms with van der Waals surface area (Å²) in [6.07, 6.45) is 0. The average Bonchev–Trinajstić information content (AvgIpc) is 2.33. The standard InChI is InChI=1S/C14H20BrNO2/c1-9(2)8-16-13(14(17)18-4)11-6-5-10(3)12(15)7-11/h5-7,9,13,16H,8H2,1-4H3. The molecule has 1 aromatic carbocycles. The first-order chi connectivity index (χ1) is 8.45. The van der Waals surface area contributed by atoms with E-state index in [1.807, 2.05) is 25.1 Å². The first-order valence-electron chi connectivity index (χ1n) is 6.03. The van der Waals surface area contributed by atoms with Crippen LogP contribution in [0.3, 0.4) is 0 Å². The third-order valence-corrected chi connectivity index (χ3v) is 3.55. The molecule has 100 valence electrons. The Morgan fingerprint density at radius 3 is 2.61 bits per heavy atom. The molecule has 18 heavy (non-hydrogen) atoms. The Balaban J connectivity index is 2.94. The number of hydrogen-bond acceptors (Lipinski definition) is 3. The largest absolute Gasteiger partial charge is 0.468 e. The van der Waals surface area contributed by atoms with Gasteiger partial charge in [0.1, 0.15) is 6.04 Å². The van der Waals surface area contributed by atoms with E-state index in [0.717, 1.165) is 22.1 Å². The van der Waals surface area contributed by atoms with E-state index in [4.69, 9.17) is 4.74 Å². The van der Waals surface area contributed by atoms with Gasteiger partial charge in [-0.1, -0.05) is 41.9 Å². The maximum Gasteiger partial charge on any atom is 0.327 e. The minimum absolute atomic E-state index is 0.258. The molecule has 0 aliphatic heterocycles. The molecule has 1 aromatic rings. The lowest BCUT2D eigenvalue weighted by atomic mass is 10.0. The fourth-order valence-corrected chi connectivity index (χ4v) is 1.99. The average molecular weight is 314 g/mol. The smallest absolute Gasteiger partial charge is 0.327 e. The lowest BCUT2D eigenvalue weighted by molar-refractivity contribution is -0.143. The van der Waals surface area contributed by atoms with Crippen LogP contribution in [-0.4, -0.2) is 19.6 Å². The first-order valence-corrected chi connectivity index (χ1v) is 6.82. The van der Waals surface area contributed by atoms with E-state index >= 15 is 0 Å². The lowest BCUT2D eigenvalue weighted by Gasteiger charge is -2.18. The summed E-state index contributed by atoms with van der Waals surface area (Å²) in [5.74, 6) is 0.220. The molecule has 0 fully saturated rings. The zero-order valence-corrected chi connectivity index (χ0v) is 12.9. The van der Waals surface area contributed by atoms with Crippen molar-refractivity contribution in [3.63, 3.8) is 0 Å². The highest BCUT2D eigenvalue weighted by Crippen LogP contribution is 2.22. The third kappa shape index (κ3) is 4.10. The van der Waals surface area contributed by atoms with Crippen LogP contribution in [-0.2, 0) is 9.53 Å². The number of benzene rings is 1. The van der Waals surface area contributed by atoms with Gasteiger partial charge in [-0.25, -0.2) is 4.79 Å². The normalized spacial score (nSPS) is 12.6. The molecule has 0 aliphatic rings. The van der Waals surface area contributed by atoms with Crippen molar-refractivity contribution >= 4 is 21.9 Å². The molecule has 1 atom stereocenters. The molecular weight excluding hydrogens is 294 g/mol. The Kier molecular flexibility index (Phi) is 5.82. The molecular formula is C14H20BrNO2. The molecule has 1 N–H and O–H groups in total. The Labute approximate surface area is 117 Å². The van der Waals surface area contributed by atoms with Gasteiger partial charge < -0.3 is 10.1 Å². The van der Waals surface area contributed by atoms with Crippen molar-refractivity contribution in [2.45, 2.75) is 26.8 Å². The number of halogens is 1. The summed E-state index contributed by atoms with van der Waals surface area (Å²) in [6, 6.07) is 5.50. The molecule has 4 heteroatoms. The van der Waals surface area contributed by atoms with Gasteiger partial charge in [-0.15, -0.1) is 0 Å². The minimum Gasteiger partial charge on any atom is -0.468 e. The van der Waals surface area contributed by atoms with Crippen molar-refractivity contribution in [1.82, 2.24) is 5.32 Å². The zero-order valence-electron chi connectivity index (χ0n) is 11.3. The lowest BCUT2D eigenvalue weighted by Crippen LogP contribution is -2.32. The van der Waals surface area contributed by atoms with Gasteiger partial charge in [-0.05, 0) is 36.6 Å². The number of carbonyl (C=O) groups excluding carboxylic acids is 1. The number of carbonyl (C=O) groups is 1. The van der Waals surface area contributed by atoms with Gasteiger partial charge >= 0.3 is 5.97 Å². The van der Waals surface area contributed by atoms with Crippen molar-refractivity contribution in [3.8, 4) is 0 Å². The van der Waals surface area contributed by atoms with Crippen molar-refractivity contribution in [3.05, 3.63) is 33.8 Å². The van der Waals surface area contributed by atoms with E-state index in [-0.39, 0.29) is 5.97 Å². The molecule has 3 nitrogen and oxygen atoms in total. The molecule has 0 aromatic heterocycles. The summed E-state index contributed by atoms with van der Waals surface area (Å²) >= 11 is 3.49. The predicted octanol–water partition coefficient (Wildman–Crippen LogP) is 3.22. The van der Waals surface area contributed by atoms with E-state index in [1.54, 1.807) is 0 Å². The van der Waals surface area contributed by atoms with Crippen LogP contribution in [0, 0.1) is 12.8 Å². The Bertz CT molecular complexity index is 418. The molecule has 0 aliphatic carbocycles. The molecule has 0 spiro atoms. The SMILES string of the molecule is COC(=O)C(NCC(C)C)c1ccc(C)c(Br)c1. The van der Waals surface area contributed by atoms with Gasteiger partial charge in [-0.2, -0.15) is 0 Å². The fourth-order valence-electron chi connectivity index (χ4n) is 1.60. The molecule has 0 bridgehead atoms. The number of aryl methyl sites for hydroxylation is 1.